The Kier molecular flexibility index (Phi) is 7.38. The number of aromatic nitrogens is 3. The van der Waals surface area contributed by atoms with Gasteiger partial charge in [0.15, 0.2) is 0 Å². The first-order valence-electron chi connectivity index (χ1n) is 14.6. The number of nitrogens with one attached hydrogen (secondary N) is 2. The quantitative estimate of drug-likeness (QED) is 0.219. The molecule has 2 fully saturated rings. The van der Waals surface area contributed by atoms with Gasteiger partial charge in [0.2, 0.25) is 11.9 Å². The number of nitriles is 1. The van der Waals surface area contributed by atoms with Crippen LogP contribution in [-0.2, 0) is 27.1 Å². The zero-order valence-electron chi connectivity index (χ0n) is 24.5. The second-order valence-electron chi connectivity index (χ2n) is 12.2. The van der Waals surface area contributed by atoms with Crippen LogP contribution in [0.2, 0.25) is 10.0 Å². The van der Waals surface area contributed by atoms with Crippen molar-refractivity contribution in [3.05, 3.63) is 103 Å². The van der Waals surface area contributed by atoms with Gasteiger partial charge in [0.1, 0.15) is 16.8 Å². The van der Waals surface area contributed by atoms with Crippen LogP contribution in [0, 0.1) is 14.9 Å². The van der Waals surface area contributed by atoms with Crippen molar-refractivity contribution in [1.29, 1.82) is 5.26 Å². The zero-order valence-corrected chi connectivity index (χ0v) is 28.2. The summed E-state index contributed by atoms with van der Waals surface area (Å²) in [6.07, 6.45) is 5.85. The average molecular weight is 766 g/mol. The molecule has 13 heteroatoms. The predicted octanol–water partition coefficient (Wildman–Crippen LogP) is 5.77. The fourth-order valence-electron chi connectivity index (χ4n) is 6.11. The number of carbonyl (C=O) groups excluding carboxylic acids is 3. The summed E-state index contributed by atoms with van der Waals surface area (Å²) >= 11 is 14.8. The highest BCUT2D eigenvalue weighted by molar-refractivity contribution is 14.1. The molecule has 0 unspecified atom stereocenters. The molecule has 1 atom stereocenters. The number of fused-ring (bicyclic) bond motifs is 1. The van der Waals surface area contributed by atoms with Crippen molar-refractivity contribution in [1.82, 2.24) is 25.2 Å². The van der Waals surface area contributed by atoms with Gasteiger partial charge in [-0.3, -0.25) is 23.9 Å². The molecule has 10 nitrogen and oxygen atoms in total. The number of hydrogen-bond donors (Lipinski definition) is 2. The maximum Gasteiger partial charge on any atom is 0.270 e. The molecule has 0 spiro atoms. The third-order valence-electron chi connectivity index (χ3n) is 8.92. The lowest BCUT2D eigenvalue weighted by Crippen LogP contribution is -2.52. The van der Waals surface area contributed by atoms with Crippen LogP contribution in [0.15, 0.2) is 67.0 Å². The number of halogens is 3. The lowest BCUT2D eigenvalue weighted by molar-refractivity contribution is -0.125. The second kappa shape index (κ2) is 11.1. The SMILES string of the molecule is C[C@@]1(Cc2ccc(C#N)cc2)C(=O)N(c2cc(Cl)cc(Cl)c2)c2ncc(C(=O)NC3(C(=O)NC4(c5cc(I)ccn5)CC4)CC3)n21. The minimum Gasteiger partial charge on any atom is -0.343 e. The molecule has 4 aromatic rings. The number of hydrogen-bond acceptors (Lipinski definition) is 6. The standard InChI is InChI=1S/C33H26Cl2IN7O3/c1-31(16-19-2-4-20(17-37)5-3-19)29(46)42(24-13-21(34)12-22(35)14-24)30-39-18-25(43(30)31)27(44)40-33(9-10-33)28(45)41-32(7-8-32)26-15-23(36)6-11-38-26/h2-6,11-15,18H,7-10,16H2,1H3,(H,40,44)(H,41,45)/t31-/m1/s1. The number of amides is 3. The van der Waals surface area contributed by atoms with Crippen LogP contribution in [0.3, 0.4) is 0 Å². The molecule has 2 aromatic heterocycles. The lowest BCUT2D eigenvalue weighted by Gasteiger charge is -2.27. The molecule has 0 saturated heterocycles. The van der Waals surface area contributed by atoms with E-state index in [-0.39, 0.29) is 29.9 Å². The van der Waals surface area contributed by atoms with Crippen LogP contribution in [0.1, 0.15) is 59.9 Å². The van der Waals surface area contributed by atoms with Crippen molar-refractivity contribution in [3.8, 4) is 6.07 Å². The Morgan fingerprint density at radius 1 is 1.00 bits per heavy atom. The highest BCUT2D eigenvalue weighted by atomic mass is 127. The molecule has 2 aliphatic carbocycles. The fourth-order valence-corrected chi connectivity index (χ4v) is 7.08. The van der Waals surface area contributed by atoms with Gasteiger partial charge in [-0.2, -0.15) is 5.26 Å². The summed E-state index contributed by atoms with van der Waals surface area (Å²) in [7, 11) is 0. The molecule has 2 saturated carbocycles. The molecular weight excluding hydrogens is 740 g/mol. The van der Waals surface area contributed by atoms with E-state index in [0.29, 0.717) is 34.1 Å². The molecule has 2 N–H and O–H groups in total. The summed E-state index contributed by atoms with van der Waals surface area (Å²) in [6.45, 7) is 1.74. The number of pyridine rings is 1. The van der Waals surface area contributed by atoms with E-state index in [1.807, 2.05) is 12.1 Å². The Morgan fingerprint density at radius 3 is 2.30 bits per heavy atom. The van der Waals surface area contributed by atoms with Crippen LogP contribution >= 0.6 is 45.8 Å². The summed E-state index contributed by atoms with van der Waals surface area (Å²) in [5.74, 6) is -0.896. The molecule has 2 aromatic carbocycles. The normalized spacial score (nSPS) is 20.1. The first-order chi connectivity index (χ1) is 22.0. The predicted molar refractivity (Wildman–Crippen MR) is 180 cm³/mol. The van der Waals surface area contributed by atoms with Crippen molar-refractivity contribution in [3.63, 3.8) is 0 Å². The molecule has 232 valence electrons. The highest BCUT2D eigenvalue weighted by Crippen LogP contribution is 2.47. The van der Waals surface area contributed by atoms with E-state index >= 15 is 0 Å². The zero-order chi connectivity index (χ0) is 32.4. The average Bonchev–Trinajstić information content (AvgIpc) is 3.92. The molecule has 3 heterocycles. The fraction of sp³-hybridized carbons (Fsp3) is 0.273. The Balaban J connectivity index is 1.21. The third-order valence-corrected chi connectivity index (χ3v) is 10.0. The molecule has 3 amide bonds. The number of rotatable bonds is 8. The Bertz CT molecular complexity index is 1960. The van der Waals surface area contributed by atoms with Gasteiger partial charge < -0.3 is 10.6 Å². The summed E-state index contributed by atoms with van der Waals surface area (Å²) in [5.41, 5.74) is -0.298. The largest absolute Gasteiger partial charge is 0.343 e. The van der Waals surface area contributed by atoms with Crippen molar-refractivity contribution < 1.29 is 14.4 Å². The van der Waals surface area contributed by atoms with Crippen molar-refractivity contribution in [2.24, 2.45) is 0 Å². The molecule has 0 radical (unpaired) electrons. The third kappa shape index (κ3) is 5.22. The Morgan fingerprint density at radius 2 is 1.70 bits per heavy atom. The summed E-state index contributed by atoms with van der Waals surface area (Å²) < 4.78 is 2.64. The minimum atomic E-state index is -1.30. The van der Waals surface area contributed by atoms with Gasteiger partial charge in [-0.25, -0.2) is 9.88 Å². The molecular formula is C33H26Cl2IN7O3. The summed E-state index contributed by atoms with van der Waals surface area (Å²) in [4.78, 5) is 52.4. The molecule has 3 aliphatic rings. The number of benzene rings is 2. The maximum absolute atomic E-state index is 14.3. The first-order valence-corrected chi connectivity index (χ1v) is 16.5. The topological polar surface area (TPSA) is 133 Å². The van der Waals surface area contributed by atoms with Crippen LogP contribution < -0.4 is 15.5 Å². The van der Waals surface area contributed by atoms with E-state index in [0.717, 1.165) is 27.7 Å². The number of carbonyl (C=O) groups is 3. The number of nitrogens with zero attached hydrogens (tertiary/aromatic N) is 5. The van der Waals surface area contributed by atoms with Crippen LogP contribution in [0.25, 0.3) is 0 Å². The highest BCUT2D eigenvalue weighted by Gasteiger charge is 2.57. The van der Waals surface area contributed by atoms with Crippen molar-refractivity contribution >= 4 is 75.2 Å². The second-order valence-corrected chi connectivity index (χ2v) is 14.4. The monoisotopic (exact) mass is 765 g/mol. The van der Waals surface area contributed by atoms with Crippen LogP contribution in [-0.4, -0.2) is 37.8 Å². The van der Waals surface area contributed by atoms with Gasteiger partial charge in [-0.15, -0.1) is 0 Å². The molecule has 0 bridgehead atoms. The van der Waals surface area contributed by atoms with Gasteiger partial charge in [-0.1, -0.05) is 35.3 Å². The van der Waals surface area contributed by atoms with E-state index in [1.165, 1.54) is 11.1 Å². The first kappa shape index (κ1) is 30.7. The van der Waals surface area contributed by atoms with Gasteiger partial charge in [-0.05, 0) is 103 Å². The summed E-state index contributed by atoms with van der Waals surface area (Å²) in [5, 5.41) is 16.1. The Labute approximate surface area is 288 Å². The lowest BCUT2D eigenvalue weighted by atomic mass is 9.91. The molecule has 1 aliphatic heterocycles. The van der Waals surface area contributed by atoms with E-state index in [4.69, 9.17) is 23.2 Å². The van der Waals surface area contributed by atoms with E-state index < -0.39 is 22.5 Å². The van der Waals surface area contributed by atoms with E-state index in [9.17, 15) is 19.6 Å². The molecule has 7 rings (SSSR count). The van der Waals surface area contributed by atoms with Crippen molar-refractivity contribution in [2.75, 3.05) is 4.90 Å². The maximum atomic E-state index is 14.3. The minimum absolute atomic E-state index is 0.134. The summed E-state index contributed by atoms with van der Waals surface area (Å²) in [6, 6.07) is 17.7. The van der Waals surface area contributed by atoms with Gasteiger partial charge in [0.05, 0.1) is 34.7 Å². The van der Waals surface area contributed by atoms with Gasteiger partial charge in [0, 0.05) is 26.2 Å². The van der Waals surface area contributed by atoms with Gasteiger partial charge in [0.25, 0.3) is 11.8 Å². The molecule has 46 heavy (non-hydrogen) atoms. The van der Waals surface area contributed by atoms with Gasteiger partial charge >= 0.3 is 0 Å². The van der Waals surface area contributed by atoms with Crippen LogP contribution in [0.5, 0.6) is 0 Å². The van der Waals surface area contributed by atoms with Crippen molar-refractivity contribution in [2.45, 2.75) is 55.6 Å². The van der Waals surface area contributed by atoms with Crippen LogP contribution in [0.4, 0.5) is 11.6 Å². The number of anilines is 2. The van der Waals surface area contributed by atoms with E-state index in [1.54, 1.807) is 60.2 Å². The number of imidazole rings is 1. The Hall–Kier alpha value is -3.99. The smallest absolute Gasteiger partial charge is 0.270 e. The van der Waals surface area contributed by atoms with E-state index in [2.05, 4.69) is 49.3 Å².